The Morgan fingerprint density at radius 1 is 1.58 bits per heavy atom. The van der Waals surface area contributed by atoms with Gasteiger partial charge in [-0.25, -0.2) is 9.18 Å². The Morgan fingerprint density at radius 2 is 2.33 bits per heavy atom. The summed E-state index contributed by atoms with van der Waals surface area (Å²) in [5.74, 6) is -0.361. The Kier molecular flexibility index (Phi) is 2.63. The molecule has 0 aromatic heterocycles. The Bertz CT molecular complexity index is 288. The maximum Gasteiger partial charge on any atom is 0.404 e. The first kappa shape index (κ1) is 8.52. The molecule has 0 saturated heterocycles. The highest BCUT2D eigenvalue weighted by Crippen LogP contribution is 2.02. The lowest BCUT2D eigenvalue weighted by Crippen LogP contribution is -2.19. The van der Waals surface area contributed by atoms with E-state index in [9.17, 15) is 9.18 Å². The van der Waals surface area contributed by atoms with E-state index in [4.69, 9.17) is 5.11 Å². The summed E-state index contributed by atoms with van der Waals surface area (Å²) in [6.45, 7) is 0.132. The van der Waals surface area contributed by atoms with Crippen molar-refractivity contribution in [3.8, 4) is 0 Å². The van der Waals surface area contributed by atoms with Gasteiger partial charge in [-0.05, 0) is 17.7 Å². The van der Waals surface area contributed by atoms with Crippen LogP contribution in [0.4, 0.5) is 9.18 Å². The summed E-state index contributed by atoms with van der Waals surface area (Å²) in [7, 11) is 0. The van der Waals surface area contributed by atoms with Crippen LogP contribution in [0, 0.1) is 5.82 Å². The minimum Gasteiger partial charge on any atom is -0.465 e. The second kappa shape index (κ2) is 3.71. The fourth-order valence-electron chi connectivity index (χ4n) is 0.825. The zero-order valence-corrected chi connectivity index (χ0v) is 6.25. The Labute approximate surface area is 68.8 Å². The zero-order chi connectivity index (χ0) is 8.97. The number of nitrogens with one attached hydrogen (secondary N) is 1. The van der Waals surface area contributed by atoms with Gasteiger partial charge in [0.05, 0.1) is 0 Å². The summed E-state index contributed by atoms with van der Waals surface area (Å²) < 4.78 is 12.5. The lowest BCUT2D eigenvalue weighted by atomic mass is 10.2. The van der Waals surface area contributed by atoms with Gasteiger partial charge in [0.1, 0.15) is 5.82 Å². The third-order valence-electron chi connectivity index (χ3n) is 1.33. The molecule has 0 saturated carbocycles. The van der Waals surface area contributed by atoms with Gasteiger partial charge in [0.15, 0.2) is 0 Å². The maximum absolute atomic E-state index is 12.5. The molecule has 0 unspecified atom stereocenters. The average Bonchev–Trinajstić information content (AvgIpc) is 2.01. The van der Waals surface area contributed by atoms with Crippen LogP contribution in [0.15, 0.2) is 24.3 Å². The number of hydrogen-bond acceptors (Lipinski definition) is 1. The third-order valence-corrected chi connectivity index (χ3v) is 1.33. The van der Waals surface area contributed by atoms with E-state index in [1.165, 1.54) is 18.2 Å². The Hall–Kier alpha value is -1.58. The smallest absolute Gasteiger partial charge is 0.404 e. The molecule has 0 radical (unpaired) electrons. The van der Waals surface area contributed by atoms with E-state index in [0.29, 0.717) is 5.56 Å². The number of amides is 1. The molecule has 0 fully saturated rings. The van der Waals surface area contributed by atoms with Crippen molar-refractivity contribution >= 4 is 6.09 Å². The molecule has 1 aromatic rings. The van der Waals surface area contributed by atoms with Gasteiger partial charge < -0.3 is 10.4 Å². The topological polar surface area (TPSA) is 49.3 Å². The van der Waals surface area contributed by atoms with Crippen molar-refractivity contribution in [1.29, 1.82) is 0 Å². The van der Waals surface area contributed by atoms with Gasteiger partial charge >= 0.3 is 6.09 Å². The molecule has 0 spiro atoms. The van der Waals surface area contributed by atoms with Crippen LogP contribution in [-0.4, -0.2) is 11.2 Å². The van der Waals surface area contributed by atoms with E-state index in [2.05, 4.69) is 5.32 Å². The van der Waals surface area contributed by atoms with Crippen molar-refractivity contribution in [1.82, 2.24) is 5.32 Å². The normalized spacial score (nSPS) is 9.42. The molecular weight excluding hydrogens is 161 g/mol. The van der Waals surface area contributed by atoms with Crippen LogP contribution in [0.2, 0.25) is 0 Å². The summed E-state index contributed by atoms with van der Waals surface area (Å²) in [4.78, 5) is 10.1. The molecule has 64 valence electrons. The minimum absolute atomic E-state index is 0.132. The zero-order valence-electron chi connectivity index (χ0n) is 6.25. The molecule has 3 nitrogen and oxygen atoms in total. The largest absolute Gasteiger partial charge is 0.465 e. The molecule has 4 heteroatoms. The molecule has 0 heterocycles. The van der Waals surface area contributed by atoms with Crippen molar-refractivity contribution in [2.75, 3.05) is 0 Å². The molecule has 2 N–H and O–H groups in total. The Morgan fingerprint density at radius 3 is 2.92 bits per heavy atom. The fourth-order valence-corrected chi connectivity index (χ4v) is 0.825. The van der Waals surface area contributed by atoms with Crippen molar-refractivity contribution in [2.24, 2.45) is 0 Å². The highest BCUT2D eigenvalue weighted by atomic mass is 19.1. The van der Waals surface area contributed by atoms with Crippen LogP contribution in [0.3, 0.4) is 0 Å². The number of rotatable bonds is 2. The molecule has 1 aromatic carbocycles. The predicted molar refractivity (Wildman–Crippen MR) is 41.3 cm³/mol. The van der Waals surface area contributed by atoms with Gasteiger partial charge in [0.25, 0.3) is 0 Å². The lowest BCUT2D eigenvalue weighted by molar-refractivity contribution is 0.194. The van der Waals surface area contributed by atoms with Crippen LogP contribution < -0.4 is 5.32 Å². The summed E-state index contributed by atoms with van der Waals surface area (Å²) >= 11 is 0. The van der Waals surface area contributed by atoms with Gasteiger partial charge in [-0.2, -0.15) is 0 Å². The van der Waals surface area contributed by atoms with Gasteiger partial charge in [0.2, 0.25) is 0 Å². The molecule has 0 aliphatic rings. The number of benzene rings is 1. The van der Waals surface area contributed by atoms with E-state index < -0.39 is 6.09 Å². The average molecular weight is 169 g/mol. The molecule has 1 amide bonds. The van der Waals surface area contributed by atoms with Crippen LogP contribution in [0.25, 0.3) is 0 Å². The summed E-state index contributed by atoms with van der Waals surface area (Å²) in [5.41, 5.74) is 0.609. The quantitative estimate of drug-likeness (QED) is 0.706. The van der Waals surface area contributed by atoms with Gasteiger partial charge in [-0.15, -0.1) is 0 Å². The standard InChI is InChI=1S/C8H8FNO2/c9-7-3-1-2-6(4-7)5-10-8(11)12/h1-4,10H,5H2,(H,11,12). The molecule has 0 aliphatic carbocycles. The predicted octanol–water partition coefficient (Wildman–Crippen LogP) is 1.59. The summed E-state index contributed by atoms with van der Waals surface area (Å²) in [6.07, 6.45) is -1.11. The first-order valence-electron chi connectivity index (χ1n) is 3.40. The minimum atomic E-state index is -1.11. The molecule has 12 heavy (non-hydrogen) atoms. The van der Waals surface area contributed by atoms with Crippen LogP contribution in [-0.2, 0) is 6.54 Å². The highest BCUT2D eigenvalue weighted by Gasteiger charge is 1.96. The SMILES string of the molecule is O=C(O)NCc1cccc(F)c1. The van der Waals surface area contributed by atoms with E-state index in [0.717, 1.165) is 0 Å². The van der Waals surface area contributed by atoms with Crippen LogP contribution in [0.1, 0.15) is 5.56 Å². The third kappa shape index (κ3) is 2.57. The molecule has 0 atom stereocenters. The molecular formula is C8H8FNO2. The molecule has 1 rings (SSSR count). The van der Waals surface area contributed by atoms with Gasteiger partial charge in [0, 0.05) is 6.54 Å². The van der Waals surface area contributed by atoms with E-state index >= 15 is 0 Å². The van der Waals surface area contributed by atoms with Crippen molar-refractivity contribution in [3.63, 3.8) is 0 Å². The highest BCUT2D eigenvalue weighted by molar-refractivity contribution is 5.64. The number of carbonyl (C=O) groups is 1. The summed E-state index contributed by atoms with van der Waals surface area (Å²) in [5, 5.41) is 10.4. The molecule has 0 bridgehead atoms. The van der Waals surface area contributed by atoms with Crippen molar-refractivity contribution in [3.05, 3.63) is 35.6 Å². The van der Waals surface area contributed by atoms with E-state index in [1.54, 1.807) is 6.07 Å². The maximum atomic E-state index is 12.5. The first-order chi connectivity index (χ1) is 5.68. The van der Waals surface area contributed by atoms with Gasteiger partial charge in [-0.1, -0.05) is 12.1 Å². The second-order valence-electron chi connectivity index (χ2n) is 2.29. The van der Waals surface area contributed by atoms with Crippen LogP contribution >= 0.6 is 0 Å². The Balaban J connectivity index is 2.57. The van der Waals surface area contributed by atoms with Gasteiger partial charge in [-0.3, -0.25) is 0 Å². The number of carboxylic acid groups (broad SMARTS) is 1. The van der Waals surface area contributed by atoms with Crippen molar-refractivity contribution < 1.29 is 14.3 Å². The monoisotopic (exact) mass is 169 g/mol. The lowest BCUT2D eigenvalue weighted by Gasteiger charge is -2.00. The van der Waals surface area contributed by atoms with E-state index in [-0.39, 0.29) is 12.4 Å². The number of halogens is 1. The van der Waals surface area contributed by atoms with Crippen molar-refractivity contribution in [2.45, 2.75) is 6.54 Å². The van der Waals surface area contributed by atoms with Crippen LogP contribution in [0.5, 0.6) is 0 Å². The fraction of sp³-hybridized carbons (Fsp3) is 0.125. The second-order valence-corrected chi connectivity index (χ2v) is 2.29. The first-order valence-corrected chi connectivity index (χ1v) is 3.40. The molecule has 0 aliphatic heterocycles. The summed E-state index contributed by atoms with van der Waals surface area (Å²) in [6, 6.07) is 5.79. The number of hydrogen-bond donors (Lipinski definition) is 2. The van der Waals surface area contributed by atoms with E-state index in [1.807, 2.05) is 0 Å².